The Morgan fingerprint density at radius 2 is 1.81 bits per heavy atom. The van der Waals surface area contributed by atoms with E-state index in [0.717, 1.165) is 33.0 Å². The molecule has 0 bridgehead atoms. The lowest BCUT2D eigenvalue weighted by atomic mass is 10.1. The molecule has 0 atom stereocenters. The Morgan fingerprint density at radius 3 is 2.69 bits per heavy atom. The molecule has 3 aromatic carbocycles. The monoisotopic (exact) mass is 480 g/mol. The van der Waals surface area contributed by atoms with E-state index < -0.39 is 0 Å². The van der Waals surface area contributed by atoms with E-state index in [-0.39, 0.29) is 24.8 Å². The van der Waals surface area contributed by atoms with Gasteiger partial charge in [0.25, 0.3) is 5.56 Å². The maximum absolute atomic E-state index is 13.6. The van der Waals surface area contributed by atoms with E-state index in [1.54, 1.807) is 6.20 Å². The fourth-order valence-electron chi connectivity index (χ4n) is 4.67. The van der Waals surface area contributed by atoms with Crippen LogP contribution in [0.4, 0.5) is 0 Å². The maximum Gasteiger partial charge on any atom is 0.291 e. The molecule has 0 radical (unpaired) electrons. The molecule has 0 spiro atoms. The van der Waals surface area contributed by atoms with Crippen LogP contribution in [0.25, 0.3) is 21.8 Å². The number of hydrogen-bond acceptors (Lipinski definition) is 5. The summed E-state index contributed by atoms with van der Waals surface area (Å²) in [6, 6.07) is 21.6. The summed E-state index contributed by atoms with van der Waals surface area (Å²) in [6.07, 6.45) is 1.68. The van der Waals surface area contributed by atoms with E-state index >= 15 is 0 Å². The third-order valence-corrected chi connectivity index (χ3v) is 6.58. The zero-order valence-electron chi connectivity index (χ0n) is 19.7. The van der Waals surface area contributed by atoms with Crippen LogP contribution >= 0.6 is 0 Å². The van der Waals surface area contributed by atoms with Crippen LogP contribution in [0.1, 0.15) is 16.7 Å². The third kappa shape index (κ3) is 3.86. The van der Waals surface area contributed by atoms with Gasteiger partial charge in [-0.1, -0.05) is 48.5 Å². The number of nitrogens with one attached hydrogen (secondary N) is 1. The molecule has 0 saturated heterocycles. The number of fused-ring (bicyclic) bond motifs is 4. The molecule has 6 rings (SSSR count). The lowest BCUT2D eigenvalue weighted by Gasteiger charge is -2.11. The maximum atomic E-state index is 13.6. The van der Waals surface area contributed by atoms with E-state index in [1.165, 1.54) is 4.68 Å². The van der Waals surface area contributed by atoms with E-state index in [4.69, 9.17) is 9.47 Å². The van der Waals surface area contributed by atoms with Crippen LogP contribution in [0.2, 0.25) is 0 Å². The first kappa shape index (κ1) is 21.9. The van der Waals surface area contributed by atoms with Crippen LogP contribution in [0.15, 0.2) is 77.7 Å². The van der Waals surface area contributed by atoms with Crippen LogP contribution in [0, 0.1) is 6.92 Å². The molecule has 0 unspecified atom stereocenters. The van der Waals surface area contributed by atoms with Crippen LogP contribution in [-0.4, -0.2) is 27.0 Å². The topological polar surface area (TPSA) is 87.4 Å². The molecule has 8 heteroatoms. The quantitative estimate of drug-likeness (QED) is 0.400. The molecule has 2 aromatic heterocycles. The second-order valence-corrected chi connectivity index (χ2v) is 8.86. The van der Waals surface area contributed by atoms with Gasteiger partial charge in [-0.25, -0.2) is 4.68 Å². The van der Waals surface area contributed by atoms with Crippen molar-refractivity contribution in [2.45, 2.75) is 26.6 Å². The smallest absolute Gasteiger partial charge is 0.291 e. The minimum Gasteiger partial charge on any atom is -0.454 e. The number of carbonyl (C=O) groups is 1. The Kier molecular flexibility index (Phi) is 5.41. The zero-order valence-corrected chi connectivity index (χ0v) is 19.7. The number of aryl methyl sites for hydroxylation is 1. The van der Waals surface area contributed by atoms with Crippen molar-refractivity contribution in [3.05, 3.63) is 100.0 Å². The summed E-state index contributed by atoms with van der Waals surface area (Å²) in [5.74, 6) is 1.05. The number of rotatable bonds is 6. The van der Waals surface area contributed by atoms with E-state index in [2.05, 4.69) is 29.5 Å². The fraction of sp³-hybridized carbons (Fsp3) is 0.179. The Balaban J connectivity index is 1.31. The van der Waals surface area contributed by atoms with Crippen LogP contribution < -0.4 is 20.3 Å². The first-order valence-corrected chi connectivity index (χ1v) is 11.8. The van der Waals surface area contributed by atoms with E-state index in [1.807, 2.05) is 59.2 Å². The third-order valence-electron chi connectivity index (χ3n) is 6.58. The highest BCUT2D eigenvalue weighted by atomic mass is 16.7. The minimum atomic E-state index is -0.303. The van der Waals surface area contributed by atoms with Crippen LogP contribution in [0.3, 0.4) is 0 Å². The van der Waals surface area contributed by atoms with Gasteiger partial charge in [-0.3, -0.25) is 9.59 Å². The van der Waals surface area contributed by atoms with Gasteiger partial charge in [-0.15, -0.1) is 0 Å². The average Bonchev–Trinajstić information content (AvgIpc) is 3.49. The fourth-order valence-corrected chi connectivity index (χ4v) is 4.67. The molecule has 180 valence electrons. The molecule has 0 aliphatic carbocycles. The van der Waals surface area contributed by atoms with Crippen LogP contribution in [0.5, 0.6) is 11.5 Å². The van der Waals surface area contributed by atoms with Gasteiger partial charge in [0, 0.05) is 29.4 Å². The lowest BCUT2D eigenvalue weighted by Crippen LogP contribution is -2.33. The molecule has 8 nitrogen and oxygen atoms in total. The van der Waals surface area contributed by atoms with Crippen molar-refractivity contribution in [3.8, 4) is 11.5 Å². The van der Waals surface area contributed by atoms with Crippen molar-refractivity contribution in [1.82, 2.24) is 19.7 Å². The Labute approximate surface area is 206 Å². The van der Waals surface area contributed by atoms with E-state index in [9.17, 15) is 9.59 Å². The van der Waals surface area contributed by atoms with Gasteiger partial charge in [0.05, 0.1) is 6.20 Å². The van der Waals surface area contributed by atoms with Crippen molar-refractivity contribution >= 4 is 27.7 Å². The Morgan fingerprint density at radius 1 is 1.00 bits per heavy atom. The average molecular weight is 481 g/mol. The Bertz CT molecular complexity index is 1680. The number of nitrogens with zero attached hydrogens (tertiary/aromatic N) is 3. The van der Waals surface area contributed by atoms with E-state index in [0.29, 0.717) is 30.1 Å². The van der Waals surface area contributed by atoms with Gasteiger partial charge in [-0.05, 0) is 41.8 Å². The van der Waals surface area contributed by atoms with Gasteiger partial charge in [-0.2, -0.15) is 5.10 Å². The molecule has 36 heavy (non-hydrogen) atoms. The summed E-state index contributed by atoms with van der Waals surface area (Å²) in [7, 11) is 0. The molecule has 1 aliphatic rings. The number of hydrogen-bond donors (Lipinski definition) is 1. The van der Waals surface area contributed by atoms with Crippen molar-refractivity contribution in [2.24, 2.45) is 0 Å². The molecule has 5 aromatic rings. The molecular formula is C28H24N4O4. The minimum absolute atomic E-state index is 0.175. The second-order valence-electron chi connectivity index (χ2n) is 8.86. The van der Waals surface area contributed by atoms with Gasteiger partial charge >= 0.3 is 0 Å². The molecule has 0 saturated carbocycles. The predicted octanol–water partition coefficient (Wildman–Crippen LogP) is 3.75. The van der Waals surface area contributed by atoms with Crippen molar-refractivity contribution in [2.75, 3.05) is 6.79 Å². The number of amides is 1. The summed E-state index contributed by atoms with van der Waals surface area (Å²) in [4.78, 5) is 26.3. The van der Waals surface area contributed by atoms with Crippen molar-refractivity contribution in [1.29, 1.82) is 0 Å². The molecule has 1 amide bonds. The lowest BCUT2D eigenvalue weighted by molar-refractivity contribution is -0.122. The summed E-state index contributed by atoms with van der Waals surface area (Å²) in [5.41, 5.74) is 4.36. The molecular weight excluding hydrogens is 456 g/mol. The van der Waals surface area contributed by atoms with Gasteiger partial charge < -0.3 is 19.4 Å². The molecule has 0 fully saturated rings. The van der Waals surface area contributed by atoms with Gasteiger partial charge in [0.2, 0.25) is 12.7 Å². The first-order chi connectivity index (χ1) is 17.6. The van der Waals surface area contributed by atoms with Gasteiger partial charge in [0.15, 0.2) is 11.5 Å². The zero-order chi connectivity index (χ0) is 24.6. The number of carbonyl (C=O) groups excluding carboxylic acids is 1. The first-order valence-electron chi connectivity index (χ1n) is 11.8. The van der Waals surface area contributed by atoms with Crippen molar-refractivity contribution in [3.63, 3.8) is 0 Å². The second kappa shape index (κ2) is 8.88. The van der Waals surface area contributed by atoms with Gasteiger partial charge in [0.1, 0.15) is 12.1 Å². The number of para-hydroxylation sites is 1. The van der Waals surface area contributed by atoms with Crippen molar-refractivity contribution < 1.29 is 14.3 Å². The largest absolute Gasteiger partial charge is 0.454 e. The SMILES string of the molecule is Cc1ccccc1Cn1c2ccccc2c2cnn(CC(=O)NCc3ccc4c(c3)OCO4)c(=O)c21. The molecule has 3 heterocycles. The summed E-state index contributed by atoms with van der Waals surface area (Å²) in [6.45, 7) is 2.94. The number of aromatic nitrogens is 3. The number of ether oxygens (including phenoxy) is 2. The Hall–Kier alpha value is -4.59. The molecule has 1 N–H and O–H groups in total. The standard InChI is InChI=1S/C28H24N4O4/c1-18-6-2-3-7-20(18)15-31-23-9-5-4-8-21(23)22-14-30-32(28(34)27(22)31)16-26(33)29-13-19-10-11-24-25(12-19)36-17-35-24/h2-12,14H,13,15-17H2,1H3,(H,29,33). The summed E-state index contributed by atoms with van der Waals surface area (Å²) >= 11 is 0. The number of benzene rings is 3. The van der Waals surface area contributed by atoms with Crippen LogP contribution in [-0.2, 0) is 24.4 Å². The molecule has 1 aliphatic heterocycles. The summed E-state index contributed by atoms with van der Waals surface area (Å²) < 4.78 is 14.0. The summed E-state index contributed by atoms with van der Waals surface area (Å²) in [5, 5.41) is 8.93. The predicted molar refractivity (Wildman–Crippen MR) is 136 cm³/mol. The highest BCUT2D eigenvalue weighted by Crippen LogP contribution is 2.32. The highest BCUT2D eigenvalue weighted by molar-refractivity contribution is 6.07. The highest BCUT2D eigenvalue weighted by Gasteiger charge is 2.18. The normalized spacial score (nSPS) is 12.4.